The molecule has 0 bridgehead atoms. The van der Waals surface area contributed by atoms with Crippen LogP contribution in [0.1, 0.15) is 24.2 Å². The maximum atomic E-state index is 13.5. The van der Waals surface area contributed by atoms with Crippen LogP contribution >= 0.6 is 12.4 Å². The summed E-state index contributed by atoms with van der Waals surface area (Å²) in [6.45, 7) is 3.66. The van der Waals surface area contributed by atoms with Crippen LogP contribution in [0.4, 0.5) is 4.39 Å². The van der Waals surface area contributed by atoms with E-state index in [-0.39, 0.29) is 30.7 Å². The molecule has 3 aromatic rings. The van der Waals surface area contributed by atoms with Crippen molar-refractivity contribution < 1.29 is 13.6 Å². The summed E-state index contributed by atoms with van der Waals surface area (Å²) in [7, 11) is 0. The first-order valence-corrected chi connectivity index (χ1v) is 8.77. The third kappa shape index (κ3) is 3.44. The lowest BCUT2D eigenvalue weighted by Crippen LogP contribution is -2.54. The predicted octanol–water partition coefficient (Wildman–Crippen LogP) is 2.89. The number of benzene rings is 1. The highest BCUT2D eigenvalue weighted by atomic mass is 35.5. The van der Waals surface area contributed by atoms with Crippen molar-refractivity contribution in [1.82, 2.24) is 20.4 Å². The van der Waals surface area contributed by atoms with E-state index in [1.165, 1.54) is 12.1 Å². The van der Waals surface area contributed by atoms with Crippen LogP contribution in [-0.4, -0.2) is 28.8 Å². The van der Waals surface area contributed by atoms with Gasteiger partial charge in [0.15, 0.2) is 0 Å². The van der Waals surface area contributed by atoms with Gasteiger partial charge >= 0.3 is 0 Å². The van der Waals surface area contributed by atoms with E-state index in [0.29, 0.717) is 24.2 Å². The second-order valence-electron chi connectivity index (χ2n) is 6.71. The Labute approximate surface area is 162 Å². The number of amides is 1. The number of fused-ring (bicyclic) bond motifs is 1. The molecule has 0 atom stereocenters. The molecule has 0 aliphatic carbocycles. The molecule has 2 aromatic heterocycles. The molecule has 6 nitrogen and oxygen atoms in total. The number of aryl methyl sites for hydroxylation is 1. The Kier molecular flexibility index (Phi) is 5.53. The Morgan fingerprint density at radius 2 is 2.19 bits per heavy atom. The van der Waals surface area contributed by atoms with E-state index >= 15 is 0 Å². The zero-order valence-corrected chi connectivity index (χ0v) is 15.8. The van der Waals surface area contributed by atoms with Crippen molar-refractivity contribution in [2.45, 2.75) is 31.8 Å². The van der Waals surface area contributed by atoms with Crippen LogP contribution in [0.5, 0.6) is 0 Å². The average molecular weight is 393 g/mol. The number of nitrogens with one attached hydrogen (secondary N) is 2. The highest BCUT2D eigenvalue weighted by Crippen LogP contribution is 2.29. The number of hydrogen-bond donors (Lipinski definition) is 2. The number of piperidine rings is 1. The smallest absolute Gasteiger partial charge is 0.248 e. The fourth-order valence-electron chi connectivity index (χ4n) is 3.66. The van der Waals surface area contributed by atoms with Gasteiger partial charge in [0, 0.05) is 23.3 Å². The van der Waals surface area contributed by atoms with E-state index in [1.54, 1.807) is 16.9 Å². The standard InChI is InChI=1S/C19H21FN4O2.ClH/c1-13-15-11-14(20)3-4-16(15)26-17(13)12-22-18(25)19(5-8-21-9-6-19)24-10-2-7-23-24;/h2-4,7,10-11,21H,5-6,8-9,12H2,1H3,(H,22,25);1H. The molecule has 144 valence electrons. The van der Waals surface area contributed by atoms with Gasteiger partial charge in [-0.15, -0.1) is 12.4 Å². The van der Waals surface area contributed by atoms with Crippen molar-refractivity contribution in [2.24, 2.45) is 0 Å². The van der Waals surface area contributed by atoms with Gasteiger partial charge in [-0.05, 0) is 57.1 Å². The fraction of sp³-hybridized carbons (Fsp3) is 0.368. The molecule has 1 amide bonds. The third-order valence-electron chi connectivity index (χ3n) is 5.20. The molecule has 1 aliphatic heterocycles. The first-order valence-electron chi connectivity index (χ1n) is 8.77. The summed E-state index contributed by atoms with van der Waals surface area (Å²) in [5.41, 5.74) is 0.774. The Bertz CT molecular complexity index is 933. The quantitative estimate of drug-likeness (QED) is 0.716. The molecule has 1 saturated heterocycles. The van der Waals surface area contributed by atoms with Gasteiger partial charge in [0.05, 0.1) is 6.54 Å². The lowest BCUT2D eigenvalue weighted by molar-refractivity contribution is -0.132. The van der Waals surface area contributed by atoms with Gasteiger partial charge in [-0.2, -0.15) is 5.10 Å². The Balaban J connectivity index is 0.00000210. The molecule has 0 saturated carbocycles. The minimum Gasteiger partial charge on any atom is -0.459 e. The molecule has 0 unspecified atom stereocenters. The van der Waals surface area contributed by atoms with Gasteiger partial charge in [-0.25, -0.2) is 4.39 Å². The maximum Gasteiger partial charge on any atom is 0.248 e. The van der Waals surface area contributed by atoms with Gasteiger partial charge in [0.2, 0.25) is 5.91 Å². The largest absolute Gasteiger partial charge is 0.459 e. The van der Waals surface area contributed by atoms with E-state index in [9.17, 15) is 9.18 Å². The molecule has 0 radical (unpaired) electrons. The number of hydrogen-bond acceptors (Lipinski definition) is 4. The van der Waals surface area contributed by atoms with Crippen molar-refractivity contribution >= 4 is 29.3 Å². The number of nitrogens with zero attached hydrogens (tertiary/aromatic N) is 2. The van der Waals surface area contributed by atoms with Crippen LogP contribution < -0.4 is 10.6 Å². The van der Waals surface area contributed by atoms with Crippen molar-refractivity contribution in [2.75, 3.05) is 13.1 Å². The molecule has 1 aliphatic rings. The Morgan fingerprint density at radius 3 is 2.89 bits per heavy atom. The third-order valence-corrected chi connectivity index (χ3v) is 5.20. The van der Waals surface area contributed by atoms with Crippen LogP contribution in [-0.2, 0) is 16.9 Å². The Hall–Kier alpha value is -2.38. The first kappa shape index (κ1) is 19.4. The molecule has 8 heteroatoms. The number of aromatic nitrogens is 2. The molecular weight excluding hydrogens is 371 g/mol. The topological polar surface area (TPSA) is 72.1 Å². The highest BCUT2D eigenvalue weighted by Gasteiger charge is 2.41. The molecule has 27 heavy (non-hydrogen) atoms. The van der Waals surface area contributed by atoms with Crippen LogP contribution in [0.25, 0.3) is 11.0 Å². The molecule has 1 aromatic carbocycles. The summed E-state index contributed by atoms with van der Waals surface area (Å²) in [6, 6.07) is 6.27. The summed E-state index contributed by atoms with van der Waals surface area (Å²) < 4.78 is 21.0. The summed E-state index contributed by atoms with van der Waals surface area (Å²) in [5.74, 6) is 0.265. The normalized spacial score (nSPS) is 16.1. The molecule has 0 spiro atoms. The van der Waals surface area contributed by atoms with E-state index in [2.05, 4.69) is 15.7 Å². The summed E-state index contributed by atoms with van der Waals surface area (Å²) in [5, 5.41) is 11.3. The second kappa shape index (κ2) is 7.70. The zero-order valence-electron chi connectivity index (χ0n) is 15.0. The zero-order chi connectivity index (χ0) is 18.1. The van der Waals surface area contributed by atoms with E-state index < -0.39 is 5.54 Å². The highest BCUT2D eigenvalue weighted by molar-refractivity contribution is 5.86. The number of halogens is 2. The van der Waals surface area contributed by atoms with Gasteiger partial charge in [0.1, 0.15) is 22.7 Å². The van der Waals surface area contributed by atoms with Gasteiger partial charge in [0.25, 0.3) is 0 Å². The van der Waals surface area contributed by atoms with Crippen molar-refractivity contribution in [3.8, 4) is 0 Å². The molecule has 2 N–H and O–H groups in total. The number of rotatable bonds is 4. The maximum absolute atomic E-state index is 13.5. The van der Waals surface area contributed by atoms with Crippen LogP contribution in [0.2, 0.25) is 0 Å². The fourth-order valence-corrected chi connectivity index (χ4v) is 3.66. The molecule has 3 heterocycles. The van der Waals surface area contributed by atoms with Crippen LogP contribution in [0.15, 0.2) is 41.1 Å². The van der Waals surface area contributed by atoms with Gasteiger partial charge < -0.3 is 15.1 Å². The summed E-state index contributed by atoms with van der Waals surface area (Å²) >= 11 is 0. The van der Waals surface area contributed by atoms with Crippen molar-refractivity contribution in [1.29, 1.82) is 0 Å². The molecule has 1 fully saturated rings. The number of carbonyl (C=O) groups excluding carboxylic acids is 1. The van der Waals surface area contributed by atoms with Gasteiger partial charge in [-0.1, -0.05) is 0 Å². The van der Waals surface area contributed by atoms with Crippen molar-refractivity contribution in [3.05, 3.63) is 53.8 Å². The first-order chi connectivity index (χ1) is 12.6. The van der Waals surface area contributed by atoms with Crippen molar-refractivity contribution in [3.63, 3.8) is 0 Å². The Morgan fingerprint density at radius 1 is 1.41 bits per heavy atom. The number of carbonyl (C=O) groups is 1. The lowest BCUT2D eigenvalue weighted by Gasteiger charge is -2.36. The average Bonchev–Trinajstić information content (AvgIpc) is 3.30. The summed E-state index contributed by atoms with van der Waals surface area (Å²) in [4.78, 5) is 13.1. The van der Waals surface area contributed by atoms with E-state index in [1.807, 2.05) is 19.2 Å². The monoisotopic (exact) mass is 392 g/mol. The second-order valence-corrected chi connectivity index (χ2v) is 6.71. The van der Waals surface area contributed by atoms with Gasteiger partial charge in [-0.3, -0.25) is 9.48 Å². The minimum absolute atomic E-state index is 0. The SMILES string of the molecule is Cc1c(CNC(=O)C2(n3cccn3)CCNCC2)oc2ccc(F)cc12.Cl. The lowest BCUT2D eigenvalue weighted by atomic mass is 9.87. The predicted molar refractivity (Wildman–Crippen MR) is 102 cm³/mol. The van der Waals surface area contributed by atoms with Crippen LogP contribution in [0.3, 0.4) is 0 Å². The number of furan rings is 1. The van der Waals surface area contributed by atoms with E-state index in [0.717, 1.165) is 24.0 Å². The van der Waals surface area contributed by atoms with Crippen LogP contribution in [0, 0.1) is 12.7 Å². The molecule has 4 rings (SSSR count). The minimum atomic E-state index is -0.694. The summed E-state index contributed by atoms with van der Waals surface area (Å²) in [6.07, 6.45) is 4.87. The van der Waals surface area contributed by atoms with E-state index in [4.69, 9.17) is 4.42 Å². The molecular formula is C19H22ClFN4O2.